The Balaban J connectivity index is 0. The third kappa shape index (κ3) is 441. The molecule has 0 atom stereocenters. The largest absolute Gasteiger partial charge is 0.0724 e. The molecule has 0 saturated heterocycles. The maximum absolute atomic E-state index is 2.31. The topological polar surface area (TPSA) is 0 Å². The molecule has 5 heavy (non-hydrogen) atoms. The van der Waals surface area contributed by atoms with Crippen molar-refractivity contribution in [3.05, 3.63) is 7.43 Å². The van der Waals surface area contributed by atoms with E-state index in [1.54, 1.807) is 0 Å². The molecular weight excluding hydrogens is 76.1 g/mol. The minimum atomic E-state index is -0.139. The third-order valence-corrected chi connectivity index (χ3v) is 0. The first-order chi connectivity index (χ1) is 1.73. The molecule has 0 amide bonds. The van der Waals surface area contributed by atoms with Gasteiger partial charge in [-0.25, -0.2) is 0 Å². The molecule has 0 heterocycles. The van der Waals surface area contributed by atoms with E-state index in [1.807, 2.05) is 0 Å². The summed E-state index contributed by atoms with van der Waals surface area (Å²) in [7, 11) is -0.139. The Morgan fingerprint density at radius 1 is 1.00 bits per heavy atom. The average Bonchev–Trinajstić information content (AvgIpc) is 0.811. The number of hydrogen-bond donors (Lipinski definition) is 0. The van der Waals surface area contributed by atoms with Crippen LogP contribution in [-0.2, 0) is 0 Å². The predicted molar refractivity (Wildman–Crippen MR) is 28.0 cm³/mol. The summed E-state index contributed by atoms with van der Waals surface area (Å²) in [5.41, 5.74) is 0. The molecule has 1 heteroatoms. The van der Waals surface area contributed by atoms with Crippen molar-refractivity contribution >= 4 is 8.80 Å². The lowest BCUT2D eigenvalue weighted by Gasteiger charge is -1.75. The van der Waals surface area contributed by atoms with Gasteiger partial charge in [-0.2, -0.15) is 0 Å². The van der Waals surface area contributed by atoms with Gasteiger partial charge in [-0.05, 0) is 0 Å². The first-order valence-corrected chi connectivity index (χ1v) is 5.20. The van der Waals surface area contributed by atoms with E-state index in [0.29, 0.717) is 0 Å². The van der Waals surface area contributed by atoms with Gasteiger partial charge in [-0.3, -0.25) is 0 Å². The van der Waals surface area contributed by atoms with Crippen LogP contribution in [0.1, 0.15) is 0 Å². The van der Waals surface area contributed by atoms with Crippen LogP contribution in [0.15, 0.2) is 0 Å². The van der Waals surface area contributed by atoms with E-state index in [4.69, 9.17) is 0 Å². The van der Waals surface area contributed by atoms with Gasteiger partial charge in [0.1, 0.15) is 0 Å². The summed E-state index contributed by atoms with van der Waals surface area (Å²) in [5, 5.41) is 0. The fraction of sp³-hybridized carbons (Fsp3) is 0.750. The molecule has 0 N–H and O–H groups in total. The Bertz CT molecular complexity index is 8.36. The van der Waals surface area contributed by atoms with Gasteiger partial charge in [0, 0.05) is 16.2 Å². The molecule has 30 valence electrons. The molecule has 0 aromatic carbocycles. The summed E-state index contributed by atoms with van der Waals surface area (Å²) in [6.45, 7) is 6.92. The summed E-state index contributed by atoms with van der Waals surface area (Å²) < 4.78 is 0. The fourth-order valence-corrected chi connectivity index (χ4v) is 0. The SMILES string of the molecule is C[SiH](C)C.[C]. The van der Waals surface area contributed by atoms with Crippen LogP contribution in [0.4, 0.5) is 0 Å². The summed E-state index contributed by atoms with van der Waals surface area (Å²) in [6, 6.07) is 0. The Labute approximate surface area is 36.8 Å². The Kier molecular flexibility index (Phi) is 7.56. The molecule has 0 aliphatic carbocycles. The zero-order valence-corrected chi connectivity index (χ0v) is 5.23. The molecule has 0 aromatic rings. The van der Waals surface area contributed by atoms with Gasteiger partial charge >= 0.3 is 0 Å². The van der Waals surface area contributed by atoms with Crippen molar-refractivity contribution in [2.75, 3.05) is 0 Å². The van der Waals surface area contributed by atoms with E-state index < -0.39 is 0 Å². The maximum Gasteiger partial charge on any atom is 0.0274 e. The Morgan fingerprint density at radius 3 is 1.00 bits per heavy atom. The molecule has 0 spiro atoms. The maximum atomic E-state index is 2.31. The zero-order valence-electron chi connectivity index (χ0n) is 4.08. The Morgan fingerprint density at radius 2 is 1.00 bits per heavy atom. The summed E-state index contributed by atoms with van der Waals surface area (Å²) in [4.78, 5) is 0. The molecule has 0 unspecified atom stereocenters. The molecule has 0 aliphatic heterocycles. The monoisotopic (exact) mass is 86.1 g/mol. The lowest BCUT2D eigenvalue weighted by atomic mass is 11.8. The van der Waals surface area contributed by atoms with Crippen LogP contribution in [0, 0.1) is 7.43 Å². The van der Waals surface area contributed by atoms with Gasteiger partial charge in [-0.15, -0.1) is 0 Å². The van der Waals surface area contributed by atoms with E-state index in [2.05, 4.69) is 19.6 Å². The first-order valence-electron chi connectivity index (χ1n) is 1.73. The minimum absolute atomic E-state index is 0. The molecule has 4 radical (unpaired) electrons. The van der Waals surface area contributed by atoms with Crippen LogP contribution in [0.3, 0.4) is 0 Å². The van der Waals surface area contributed by atoms with Crippen molar-refractivity contribution in [1.82, 2.24) is 0 Å². The van der Waals surface area contributed by atoms with E-state index in [0.717, 1.165) is 0 Å². The van der Waals surface area contributed by atoms with E-state index in [-0.39, 0.29) is 16.2 Å². The lowest BCUT2D eigenvalue weighted by molar-refractivity contribution is 1.91. The lowest BCUT2D eigenvalue weighted by Crippen LogP contribution is -1.84. The van der Waals surface area contributed by atoms with Crippen molar-refractivity contribution in [1.29, 1.82) is 0 Å². The first kappa shape index (κ1) is 8.96. The normalized spacial score (nSPS) is 7.20. The highest BCUT2D eigenvalue weighted by Gasteiger charge is 1.71. The van der Waals surface area contributed by atoms with E-state index >= 15 is 0 Å². The Hall–Kier alpha value is 0.217. The number of rotatable bonds is 0. The fourth-order valence-electron chi connectivity index (χ4n) is 0. The average molecular weight is 86.2 g/mol. The molecule has 0 fully saturated rings. The highest BCUT2D eigenvalue weighted by Crippen LogP contribution is 1.68. The molecule has 0 bridgehead atoms. The minimum Gasteiger partial charge on any atom is -0.0724 e. The predicted octanol–water partition coefficient (Wildman–Crippen LogP) is 1.18. The van der Waals surface area contributed by atoms with E-state index in [9.17, 15) is 0 Å². The quantitative estimate of drug-likeness (QED) is 0.388. The molecule has 0 aromatic heterocycles. The highest BCUT2D eigenvalue weighted by atomic mass is 28.3. The molecule has 0 aliphatic rings. The third-order valence-electron chi connectivity index (χ3n) is 0. The van der Waals surface area contributed by atoms with Gasteiger partial charge in [-0.1, -0.05) is 19.6 Å². The second-order valence-corrected chi connectivity index (χ2v) is 5.20. The molecule has 0 rings (SSSR count). The highest BCUT2D eigenvalue weighted by molar-refractivity contribution is 6.54. The molecular formula is C4H10Si. The number of hydrogen-bond acceptors (Lipinski definition) is 0. The van der Waals surface area contributed by atoms with Crippen molar-refractivity contribution in [2.45, 2.75) is 19.6 Å². The smallest absolute Gasteiger partial charge is 0.0274 e. The van der Waals surface area contributed by atoms with Crippen LogP contribution < -0.4 is 0 Å². The summed E-state index contributed by atoms with van der Waals surface area (Å²) >= 11 is 0. The van der Waals surface area contributed by atoms with Gasteiger partial charge in [0.05, 0.1) is 0 Å². The van der Waals surface area contributed by atoms with Gasteiger partial charge in [0.2, 0.25) is 0 Å². The van der Waals surface area contributed by atoms with Crippen LogP contribution in [0.5, 0.6) is 0 Å². The zero-order chi connectivity index (χ0) is 3.58. The van der Waals surface area contributed by atoms with Crippen LogP contribution in [-0.4, -0.2) is 8.80 Å². The van der Waals surface area contributed by atoms with Crippen molar-refractivity contribution in [3.63, 3.8) is 0 Å². The van der Waals surface area contributed by atoms with Crippen molar-refractivity contribution in [3.8, 4) is 0 Å². The van der Waals surface area contributed by atoms with Crippen LogP contribution >= 0.6 is 0 Å². The van der Waals surface area contributed by atoms with Gasteiger partial charge < -0.3 is 0 Å². The molecule has 0 nitrogen and oxygen atoms in total. The standard InChI is InChI=1S/C3H10Si.C/c1-4(2)3;/h4H,1-3H3;. The summed E-state index contributed by atoms with van der Waals surface area (Å²) in [6.07, 6.45) is 0. The van der Waals surface area contributed by atoms with Gasteiger partial charge in [0.15, 0.2) is 0 Å². The summed E-state index contributed by atoms with van der Waals surface area (Å²) in [5.74, 6) is 0. The van der Waals surface area contributed by atoms with Crippen molar-refractivity contribution in [2.24, 2.45) is 0 Å². The van der Waals surface area contributed by atoms with E-state index in [1.165, 1.54) is 0 Å². The van der Waals surface area contributed by atoms with Crippen LogP contribution in [0.2, 0.25) is 19.6 Å². The van der Waals surface area contributed by atoms with Crippen molar-refractivity contribution < 1.29 is 0 Å². The molecule has 0 saturated carbocycles. The van der Waals surface area contributed by atoms with Crippen LogP contribution in [0.25, 0.3) is 0 Å². The second-order valence-electron chi connectivity index (χ2n) is 1.73. The second kappa shape index (κ2) is 4.22. The van der Waals surface area contributed by atoms with Gasteiger partial charge in [0.25, 0.3) is 0 Å².